The minimum atomic E-state index is -0.434. The van der Waals surface area contributed by atoms with Crippen LogP contribution in [0.5, 0.6) is 5.75 Å². The molecule has 0 spiro atoms. The number of aliphatic imine (C=N–C) groups is 1. The monoisotopic (exact) mass is 358 g/mol. The van der Waals surface area contributed by atoms with E-state index in [1.54, 1.807) is 31.1 Å². The maximum Gasteiger partial charge on any atom is 0.193 e. The van der Waals surface area contributed by atoms with Gasteiger partial charge in [0.05, 0.1) is 18.7 Å². The molecule has 0 aromatic heterocycles. The summed E-state index contributed by atoms with van der Waals surface area (Å²) < 4.78 is 32.6. The molecule has 0 aliphatic carbocycles. The second-order valence-corrected chi connectivity index (χ2v) is 5.64. The number of benzene rings is 2. The molecule has 0 fully saturated rings. The van der Waals surface area contributed by atoms with Gasteiger partial charge in [0.2, 0.25) is 0 Å². The molecule has 7 heteroatoms. The lowest BCUT2D eigenvalue weighted by atomic mass is 10.1. The smallest absolute Gasteiger partial charge is 0.193 e. The van der Waals surface area contributed by atoms with Crippen molar-refractivity contribution in [3.63, 3.8) is 0 Å². The maximum absolute atomic E-state index is 13.9. The highest BCUT2D eigenvalue weighted by Gasteiger charge is 2.11. The number of nitriles is 1. The quantitative estimate of drug-likeness (QED) is 0.659. The van der Waals surface area contributed by atoms with Gasteiger partial charge in [-0.25, -0.2) is 8.78 Å². The predicted molar refractivity (Wildman–Crippen MR) is 95.7 cm³/mol. The van der Waals surface area contributed by atoms with Crippen molar-refractivity contribution in [3.8, 4) is 11.8 Å². The third-order valence-electron chi connectivity index (χ3n) is 3.82. The normalized spacial score (nSPS) is 11.0. The van der Waals surface area contributed by atoms with E-state index in [-0.39, 0.29) is 12.3 Å². The minimum Gasteiger partial charge on any atom is -0.494 e. The summed E-state index contributed by atoms with van der Waals surface area (Å²) in [6.45, 7) is 0.580. The average molecular weight is 358 g/mol. The van der Waals surface area contributed by atoms with Crippen LogP contribution in [0.4, 0.5) is 8.78 Å². The van der Waals surface area contributed by atoms with Crippen LogP contribution in [0.25, 0.3) is 0 Å². The van der Waals surface area contributed by atoms with E-state index >= 15 is 0 Å². The van der Waals surface area contributed by atoms with E-state index in [2.05, 4.69) is 10.3 Å². The average Bonchev–Trinajstić information content (AvgIpc) is 2.63. The van der Waals surface area contributed by atoms with Gasteiger partial charge in [-0.2, -0.15) is 5.26 Å². The zero-order chi connectivity index (χ0) is 19.1. The molecule has 2 rings (SSSR count). The third-order valence-corrected chi connectivity index (χ3v) is 3.82. The molecule has 1 N–H and O–H groups in total. The van der Waals surface area contributed by atoms with Gasteiger partial charge in [-0.15, -0.1) is 0 Å². The molecule has 2 aromatic carbocycles. The van der Waals surface area contributed by atoms with Crippen LogP contribution in [-0.4, -0.2) is 32.1 Å². The first-order chi connectivity index (χ1) is 12.5. The van der Waals surface area contributed by atoms with Gasteiger partial charge in [-0.05, 0) is 35.9 Å². The molecule has 26 heavy (non-hydrogen) atoms. The Morgan fingerprint density at radius 1 is 1.23 bits per heavy atom. The first-order valence-electron chi connectivity index (χ1n) is 7.91. The lowest BCUT2D eigenvalue weighted by Gasteiger charge is -2.22. The van der Waals surface area contributed by atoms with Gasteiger partial charge in [-0.1, -0.05) is 6.07 Å². The molecule has 5 nitrogen and oxygen atoms in total. The fourth-order valence-electron chi connectivity index (χ4n) is 2.50. The van der Waals surface area contributed by atoms with E-state index in [1.165, 1.54) is 31.4 Å². The van der Waals surface area contributed by atoms with Crippen LogP contribution in [0.15, 0.2) is 41.4 Å². The molecule has 0 unspecified atom stereocenters. The zero-order valence-electron chi connectivity index (χ0n) is 14.9. The summed E-state index contributed by atoms with van der Waals surface area (Å²) in [4.78, 5) is 5.94. The number of nitrogens with one attached hydrogen (secondary N) is 1. The van der Waals surface area contributed by atoms with E-state index in [1.807, 2.05) is 6.07 Å². The molecule has 0 atom stereocenters. The Morgan fingerprint density at radius 2 is 2.00 bits per heavy atom. The van der Waals surface area contributed by atoms with Gasteiger partial charge in [0, 0.05) is 32.7 Å². The van der Waals surface area contributed by atoms with E-state index < -0.39 is 11.6 Å². The molecule has 2 aromatic rings. The lowest BCUT2D eigenvalue weighted by molar-refractivity contribution is 0.385. The first-order valence-corrected chi connectivity index (χ1v) is 7.91. The van der Waals surface area contributed by atoms with E-state index in [0.29, 0.717) is 23.6 Å². The molecule has 0 saturated carbocycles. The molecular formula is C19H20F2N4O. The fraction of sp³-hybridized carbons (Fsp3) is 0.263. The summed E-state index contributed by atoms with van der Waals surface area (Å²) in [6.07, 6.45) is 0. The molecule has 0 amide bonds. The fourth-order valence-corrected chi connectivity index (χ4v) is 2.50. The topological polar surface area (TPSA) is 60.7 Å². The summed E-state index contributed by atoms with van der Waals surface area (Å²) >= 11 is 0. The van der Waals surface area contributed by atoms with Gasteiger partial charge in [0.15, 0.2) is 17.5 Å². The summed E-state index contributed by atoms with van der Waals surface area (Å²) in [5.74, 6) is -0.127. The van der Waals surface area contributed by atoms with Crippen molar-refractivity contribution in [1.82, 2.24) is 10.2 Å². The molecule has 0 aliphatic heterocycles. The highest BCUT2D eigenvalue weighted by Crippen LogP contribution is 2.18. The summed E-state index contributed by atoms with van der Waals surface area (Å²) in [6, 6.07) is 10.9. The number of guanidine groups is 1. The highest BCUT2D eigenvalue weighted by atomic mass is 19.1. The Kier molecular flexibility index (Phi) is 6.50. The SMILES string of the molecule is CN=C(NCc1cc(C#N)ccc1F)N(C)Cc1ccc(OC)c(F)c1. The lowest BCUT2D eigenvalue weighted by Crippen LogP contribution is -2.38. The molecular weight excluding hydrogens is 338 g/mol. The molecule has 136 valence electrons. The largest absolute Gasteiger partial charge is 0.494 e. The standard InChI is InChI=1S/C19H20F2N4O/c1-23-19(24-11-15-8-13(10-22)4-6-16(15)20)25(2)12-14-5-7-18(26-3)17(21)9-14/h4-9H,11-12H2,1-3H3,(H,23,24). The van der Waals surface area contributed by atoms with Gasteiger partial charge in [0.1, 0.15) is 5.82 Å². The summed E-state index contributed by atoms with van der Waals surface area (Å²) in [7, 11) is 4.81. The van der Waals surface area contributed by atoms with Crippen LogP contribution >= 0.6 is 0 Å². The molecule has 0 saturated heterocycles. The second kappa shape index (κ2) is 8.81. The maximum atomic E-state index is 13.9. The van der Waals surface area contributed by atoms with Crippen molar-refractivity contribution < 1.29 is 13.5 Å². The van der Waals surface area contributed by atoms with Crippen molar-refractivity contribution in [2.75, 3.05) is 21.2 Å². The van der Waals surface area contributed by atoms with Crippen LogP contribution in [-0.2, 0) is 13.1 Å². The number of hydrogen-bond acceptors (Lipinski definition) is 3. The van der Waals surface area contributed by atoms with Gasteiger partial charge in [-0.3, -0.25) is 4.99 Å². The van der Waals surface area contributed by atoms with Gasteiger partial charge < -0.3 is 15.0 Å². The minimum absolute atomic E-state index is 0.176. The number of nitrogens with zero attached hydrogens (tertiary/aromatic N) is 3. The Balaban J connectivity index is 2.04. The Labute approximate surface area is 151 Å². The van der Waals surface area contributed by atoms with Crippen molar-refractivity contribution in [2.45, 2.75) is 13.1 Å². The van der Waals surface area contributed by atoms with Gasteiger partial charge >= 0.3 is 0 Å². The van der Waals surface area contributed by atoms with Crippen molar-refractivity contribution in [1.29, 1.82) is 5.26 Å². The molecule has 0 heterocycles. The van der Waals surface area contributed by atoms with Crippen molar-refractivity contribution in [2.24, 2.45) is 4.99 Å². The van der Waals surface area contributed by atoms with E-state index in [4.69, 9.17) is 10.00 Å². The number of methoxy groups -OCH3 is 1. The molecule has 0 radical (unpaired) electrons. The summed E-state index contributed by atoms with van der Waals surface area (Å²) in [5.41, 5.74) is 1.50. The summed E-state index contributed by atoms with van der Waals surface area (Å²) in [5, 5.41) is 12.0. The van der Waals surface area contributed by atoms with Crippen LogP contribution < -0.4 is 10.1 Å². The Bertz CT molecular complexity index is 846. The highest BCUT2D eigenvalue weighted by molar-refractivity contribution is 5.79. The van der Waals surface area contributed by atoms with Crippen LogP contribution in [0.2, 0.25) is 0 Å². The Morgan fingerprint density at radius 3 is 2.62 bits per heavy atom. The molecule has 0 bridgehead atoms. The van der Waals surface area contributed by atoms with Crippen LogP contribution in [0.3, 0.4) is 0 Å². The van der Waals surface area contributed by atoms with Crippen molar-refractivity contribution >= 4 is 5.96 Å². The third kappa shape index (κ3) is 4.70. The number of hydrogen-bond donors (Lipinski definition) is 1. The Hall–Kier alpha value is -3.14. The number of ether oxygens (including phenoxy) is 1. The van der Waals surface area contributed by atoms with E-state index in [9.17, 15) is 8.78 Å². The molecule has 0 aliphatic rings. The second-order valence-electron chi connectivity index (χ2n) is 5.64. The van der Waals surface area contributed by atoms with E-state index in [0.717, 1.165) is 5.56 Å². The van der Waals surface area contributed by atoms with Crippen LogP contribution in [0.1, 0.15) is 16.7 Å². The predicted octanol–water partition coefficient (Wildman–Crippen LogP) is 3.05. The van der Waals surface area contributed by atoms with Gasteiger partial charge in [0.25, 0.3) is 0 Å². The number of halogens is 2. The number of rotatable bonds is 5. The van der Waals surface area contributed by atoms with Crippen LogP contribution in [0, 0.1) is 23.0 Å². The zero-order valence-corrected chi connectivity index (χ0v) is 14.9. The first kappa shape index (κ1) is 19.2. The van der Waals surface area contributed by atoms with Crippen molar-refractivity contribution in [3.05, 3.63) is 64.7 Å².